The van der Waals surface area contributed by atoms with Crippen molar-refractivity contribution in [3.8, 4) is 0 Å². The number of aryl methyl sites for hydroxylation is 2. The van der Waals surface area contributed by atoms with Crippen LogP contribution >= 0.6 is 27.3 Å². The van der Waals surface area contributed by atoms with Gasteiger partial charge in [-0.25, -0.2) is 4.98 Å². The van der Waals surface area contributed by atoms with Crippen molar-refractivity contribution in [3.05, 3.63) is 32.4 Å². The highest BCUT2D eigenvalue weighted by Crippen LogP contribution is 2.28. The van der Waals surface area contributed by atoms with E-state index in [1.165, 1.54) is 0 Å². The van der Waals surface area contributed by atoms with E-state index in [1.807, 2.05) is 25.7 Å². The van der Waals surface area contributed by atoms with Crippen LogP contribution in [0.2, 0.25) is 0 Å². The number of nitrogens with zero attached hydrogens (tertiary/aromatic N) is 3. The third-order valence-corrected chi connectivity index (χ3v) is 3.84. The van der Waals surface area contributed by atoms with Crippen LogP contribution in [0.4, 0.5) is 0 Å². The molecular formula is C10H13BrN4S. The van der Waals surface area contributed by atoms with Crippen LogP contribution in [0.15, 0.2) is 16.0 Å². The summed E-state index contributed by atoms with van der Waals surface area (Å²) in [6.07, 6.45) is 1.80. The molecule has 0 amide bonds. The Kier molecular flexibility index (Phi) is 3.41. The summed E-state index contributed by atoms with van der Waals surface area (Å²) in [5.74, 6) is 0. The molecule has 1 unspecified atom stereocenters. The maximum Gasteiger partial charge on any atom is 0.0939 e. The van der Waals surface area contributed by atoms with Gasteiger partial charge in [-0.3, -0.25) is 4.68 Å². The SMILES string of the molecule is CNC(c1csc(C)n1)c1c(Br)cnn1C. The van der Waals surface area contributed by atoms with Gasteiger partial charge in [-0.05, 0) is 29.9 Å². The Balaban J connectivity index is 2.44. The zero-order chi connectivity index (χ0) is 11.7. The minimum atomic E-state index is 0.0758. The molecule has 2 aromatic heterocycles. The summed E-state index contributed by atoms with van der Waals surface area (Å²) in [6.45, 7) is 2.01. The molecule has 0 fully saturated rings. The van der Waals surface area contributed by atoms with Crippen LogP contribution in [0, 0.1) is 6.92 Å². The Morgan fingerprint density at radius 3 is 2.75 bits per heavy atom. The molecule has 2 aromatic rings. The van der Waals surface area contributed by atoms with Crippen LogP contribution in [0.5, 0.6) is 0 Å². The van der Waals surface area contributed by atoms with Gasteiger partial charge in [0.25, 0.3) is 0 Å². The number of halogens is 1. The van der Waals surface area contributed by atoms with Gasteiger partial charge in [-0.1, -0.05) is 0 Å². The minimum Gasteiger partial charge on any atom is -0.307 e. The average molecular weight is 301 g/mol. The molecule has 2 rings (SSSR count). The normalized spacial score (nSPS) is 13.0. The lowest BCUT2D eigenvalue weighted by Gasteiger charge is -2.15. The molecule has 0 aromatic carbocycles. The van der Waals surface area contributed by atoms with Gasteiger partial charge in [0.1, 0.15) is 0 Å². The van der Waals surface area contributed by atoms with Crippen molar-refractivity contribution in [3.63, 3.8) is 0 Å². The largest absolute Gasteiger partial charge is 0.307 e. The van der Waals surface area contributed by atoms with E-state index >= 15 is 0 Å². The summed E-state index contributed by atoms with van der Waals surface area (Å²) in [5, 5.41) is 10.6. The van der Waals surface area contributed by atoms with Gasteiger partial charge in [0.15, 0.2) is 0 Å². The summed E-state index contributed by atoms with van der Waals surface area (Å²) in [5.41, 5.74) is 2.13. The molecule has 0 aliphatic carbocycles. The van der Waals surface area contributed by atoms with Crippen molar-refractivity contribution in [2.75, 3.05) is 7.05 Å². The first-order valence-electron chi connectivity index (χ1n) is 4.90. The molecule has 0 aliphatic rings. The highest BCUT2D eigenvalue weighted by atomic mass is 79.9. The van der Waals surface area contributed by atoms with E-state index in [-0.39, 0.29) is 6.04 Å². The van der Waals surface area contributed by atoms with Crippen molar-refractivity contribution in [1.82, 2.24) is 20.1 Å². The Morgan fingerprint density at radius 1 is 1.56 bits per heavy atom. The molecule has 16 heavy (non-hydrogen) atoms. The molecule has 0 saturated heterocycles. The van der Waals surface area contributed by atoms with Crippen LogP contribution in [-0.4, -0.2) is 21.8 Å². The van der Waals surface area contributed by atoms with E-state index in [9.17, 15) is 0 Å². The highest BCUT2D eigenvalue weighted by Gasteiger charge is 2.21. The molecule has 1 atom stereocenters. The lowest BCUT2D eigenvalue weighted by Crippen LogP contribution is -2.21. The van der Waals surface area contributed by atoms with E-state index < -0.39 is 0 Å². The maximum absolute atomic E-state index is 4.51. The van der Waals surface area contributed by atoms with Crippen molar-refractivity contribution in [2.24, 2.45) is 7.05 Å². The smallest absolute Gasteiger partial charge is 0.0939 e. The first-order valence-corrected chi connectivity index (χ1v) is 6.57. The standard InChI is InChI=1S/C10H13BrN4S/c1-6-14-8(5-16-6)9(12-2)10-7(11)4-13-15(10)3/h4-5,9,12H,1-3H3. The maximum atomic E-state index is 4.51. The predicted molar refractivity (Wildman–Crippen MR) is 68.7 cm³/mol. The van der Waals surface area contributed by atoms with Crippen molar-refractivity contribution >= 4 is 27.3 Å². The van der Waals surface area contributed by atoms with Gasteiger partial charge in [0.05, 0.1) is 33.1 Å². The zero-order valence-corrected chi connectivity index (χ0v) is 11.8. The molecule has 4 nitrogen and oxygen atoms in total. The third-order valence-electron chi connectivity index (χ3n) is 2.43. The molecule has 0 aliphatic heterocycles. The van der Waals surface area contributed by atoms with Crippen LogP contribution in [-0.2, 0) is 7.05 Å². The fourth-order valence-electron chi connectivity index (χ4n) is 1.68. The number of thiazole rings is 1. The number of aromatic nitrogens is 3. The van der Waals surface area contributed by atoms with Crippen LogP contribution in [0.1, 0.15) is 22.4 Å². The van der Waals surface area contributed by atoms with Gasteiger partial charge in [0, 0.05) is 12.4 Å². The van der Waals surface area contributed by atoms with E-state index in [1.54, 1.807) is 17.5 Å². The first-order chi connectivity index (χ1) is 7.63. The van der Waals surface area contributed by atoms with Crippen molar-refractivity contribution in [1.29, 1.82) is 0 Å². The predicted octanol–water partition coefficient (Wildman–Crippen LogP) is 2.26. The van der Waals surface area contributed by atoms with Crippen molar-refractivity contribution in [2.45, 2.75) is 13.0 Å². The van der Waals surface area contributed by atoms with Gasteiger partial charge in [-0.15, -0.1) is 11.3 Å². The van der Waals surface area contributed by atoms with Crippen LogP contribution in [0.3, 0.4) is 0 Å². The Hall–Kier alpha value is -0.720. The van der Waals surface area contributed by atoms with Gasteiger partial charge < -0.3 is 5.32 Å². The lowest BCUT2D eigenvalue weighted by atomic mass is 10.1. The van der Waals surface area contributed by atoms with Crippen LogP contribution in [0.25, 0.3) is 0 Å². The minimum absolute atomic E-state index is 0.0758. The second-order valence-electron chi connectivity index (χ2n) is 3.51. The Bertz CT molecular complexity index is 471. The van der Waals surface area contributed by atoms with E-state index in [2.05, 4.69) is 36.7 Å². The molecule has 86 valence electrons. The monoisotopic (exact) mass is 300 g/mol. The second-order valence-corrected chi connectivity index (χ2v) is 5.43. The van der Waals surface area contributed by atoms with E-state index in [0.29, 0.717) is 0 Å². The van der Waals surface area contributed by atoms with Crippen molar-refractivity contribution < 1.29 is 0 Å². The third kappa shape index (κ3) is 2.05. The Labute approximate surface area is 107 Å². The van der Waals surface area contributed by atoms with E-state index in [4.69, 9.17) is 0 Å². The molecule has 0 spiro atoms. The highest BCUT2D eigenvalue weighted by molar-refractivity contribution is 9.10. The van der Waals surface area contributed by atoms with Gasteiger partial charge in [-0.2, -0.15) is 5.10 Å². The van der Waals surface area contributed by atoms with Gasteiger partial charge in [0.2, 0.25) is 0 Å². The number of nitrogens with one attached hydrogen (secondary N) is 1. The fraction of sp³-hybridized carbons (Fsp3) is 0.400. The molecule has 1 N–H and O–H groups in total. The second kappa shape index (κ2) is 4.65. The molecule has 0 radical (unpaired) electrons. The average Bonchev–Trinajstić information content (AvgIpc) is 2.80. The topological polar surface area (TPSA) is 42.7 Å². The summed E-state index contributed by atoms with van der Waals surface area (Å²) >= 11 is 5.18. The molecular weight excluding hydrogens is 288 g/mol. The molecule has 6 heteroatoms. The zero-order valence-electron chi connectivity index (χ0n) is 9.36. The molecule has 2 heterocycles. The summed E-state index contributed by atoms with van der Waals surface area (Å²) in [4.78, 5) is 4.51. The quantitative estimate of drug-likeness (QED) is 0.945. The van der Waals surface area contributed by atoms with Gasteiger partial charge >= 0.3 is 0 Å². The van der Waals surface area contributed by atoms with E-state index in [0.717, 1.165) is 20.9 Å². The molecule has 0 saturated carbocycles. The molecule has 0 bridgehead atoms. The fourth-order valence-corrected chi connectivity index (χ4v) is 2.90. The summed E-state index contributed by atoms with van der Waals surface area (Å²) in [7, 11) is 3.86. The summed E-state index contributed by atoms with van der Waals surface area (Å²) < 4.78 is 2.86. The first kappa shape index (κ1) is 11.8. The number of hydrogen-bond acceptors (Lipinski definition) is 4. The Morgan fingerprint density at radius 2 is 2.31 bits per heavy atom. The number of rotatable bonds is 3. The lowest BCUT2D eigenvalue weighted by molar-refractivity contribution is 0.594. The summed E-state index contributed by atoms with van der Waals surface area (Å²) in [6, 6.07) is 0.0758. The number of hydrogen-bond donors (Lipinski definition) is 1. The van der Waals surface area contributed by atoms with Crippen LogP contribution < -0.4 is 5.32 Å².